The highest BCUT2D eigenvalue weighted by atomic mass is 16.6. The van der Waals surface area contributed by atoms with Gasteiger partial charge in [-0.1, -0.05) is 0 Å². The lowest BCUT2D eigenvalue weighted by Crippen LogP contribution is -2.48. The molecule has 102 valence electrons. The summed E-state index contributed by atoms with van der Waals surface area (Å²) in [7, 11) is 7.48. The van der Waals surface area contributed by atoms with Crippen LogP contribution < -0.4 is 0 Å². The van der Waals surface area contributed by atoms with Gasteiger partial charge in [0.25, 0.3) is 0 Å². The predicted octanol–water partition coefficient (Wildman–Crippen LogP) is -0.107. The summed E-state index contributed by atoms with van der Waals surface area (Å²) < 4.78 is 25.5. The van der Waals surface area contributed by atoms with E-state index in [-0.39, 0.29) is 18.5 Å². The first kappa shape index (κ1) is 16.5. The summed E-state index contributed by atoms with van der Waals surface area (Å²) >= 11 is 0. The molecule has 0 fully saturated rings. The van der Waals surface area contributed by atoms with E-state index in [1.165, 1.54) is 28.4 Å². The van der Waals surface area contributed by atoms with Crippen LogP contribution in [0.4, 0.5) is 0 Å². The highest BCUT2D eigenvalue weighted by Gasteiger charge is 2.34. The van der Waals surface area contributed by atoms with Gasteiger partial charge < -0.3 is 23.7 Å². The molecule has 0 aromatic carbocycles. The Morgan fingerprint density at radius 3 is 1.94 bits per heavy atom. The molecule has 0 amide bonds. The Morgan fingerprint density at radius 2 is 1.59 bits per heavy atom. The van der Waals surface area contributed by atoms with Crippen LogP contribution in [-0.4, -0.2) is 72.9 Å². The Hall–Kier alpha value is -0.530. The Morgan fingerprint density at radius 1 is 0.941 bits per heavy atom. The summed E-state index contributed by atoms with van der Waals surface area (Å²) in [4.78, 5) is 11.8. The largest absolute Gasteiger partial charge is 0.382 e. The summed E-state index contributed by atoms with van der Waals surface area (Å²) in [6.07, 6.45) is -1.65. The van der Waals surface area contributed by atoms with Crippen molar-refractivity contribution in [2.45, 2.75) is 18.3 Å². The second-order valence-corrected chi connectivity index (χ2v) is 3.49. The number of rotatable bonds is 10. The van der Waals surface area contributed by atoms with Gasteiger partial charge in [0.05, 0.1) is 6.61 Å². The number of Topliss-reactive ketones (excluding diaryl/α,β-unsaturated/α-hetero) is 1. The van der Waals surface area contributed by atoms with Gasteiger partial charge in [0.15, 0.2) is 5.78 Å². The summed E-state index contributed by atoms with van der Waals surface area (Å²) in [5.41, 5.74) is 0. The van der Waals surface area contributed by atoms with Crippen LogP contribution in [0, 0.1) is 0 Å². The Balaban J connectivity index is 4.71. The second-order valence-electron chi connectivity index (χ2n) is 3.49. The molecule has 17 heavy (non-hydrogen) atoms. The average molecular weight is 250 g/mol. The molecule has 6 nitrogen and oxygen atoms in total. The minimum Gasteiger partial charge on any atom is -0.382 e. The van der Waals surface area contributed by atoms with Crippen molar-refractivity contribution in [2.75, 3.05) is 48.8 Å². The first-order valence-corrected chi connectivity index (χ1v) is 5.25. The van der Waals surface area contributed by atoms with Crippen LogP contribution in [0.25, 0.3) is 0 Å². The number of carbonyl (C=O) groups is 1. The maximum Gasteiger partial charge on any atom is 0.189 e. The average Bonchev–Trinajstić information content (AvgIpc) is 2.33. The first-order valence-electron chi connectivity index (χ1n) is 5.25. The van der Waals surface area contributed by atoms with Gasteiger partial charge in [-0.3, -0.25) is 4.79 Å². The molecule has 0 radical (unpaired) electrons. The van der Waals surface area contributed by atoms with Gasteiger partial charge >= 0.3 is 0 Å². The predicted molar refractivity (Wildman–Crippen MR) is 61.2 cm³/mol. The highest BCUT2D eigenvalue weighted by molar-refractivity contribution is 5.85. The monoisotopic (exact) mass is 250 g/mol. The molecule has 6 heteroatoms. The molecule has 0 saturated carbocycles. The molecule has 0 unspecified atom stereocenters. The van der Waals surface area contributed by atoms with E-state index < -0.39 is 12.2 Å². The Labute approximate surface area is 102 Å². The fourth-order valence-corrected chi connectivity index (χ4v) is 1.60. The van der Waals surface area contributed by atoms with Gasteiger partial charge in [0.1, 0.15) is 24.9 Å². The maximum absolute atomic E-state index is 11.8. The van der Waals surface area contributed by atoms with E-state index in [1.54, 1.807) is 7.11 Å². The van der Waals surface area contributed by atoms with E-state index in [0.29, 0.717) is 6.61 Å². The third-order valence-corrected chi connectivity index (χ3v) is 2.43. The van der Waals surface area contributed by atoms with Crippen molar-refractivity contribution in [1.82, 2.24) is 0 Å². The molecule has 0 spiro atoms. The van der Waals surface area contributed by atoms with Crippen LogP contribution in [0.3, 0.4) is 0 Å². The van der Waals surface area contributed by atoms with Gasteiger partial charge in [0.2, 0.25) is 0 Å². The minimum atomic E-state index is -0.736. The zero-order chi connectivity index (χ0) is 13.3. The van der Waals surface area contributed by atoms with Crippen molar-refractivity contribution >= 4 is 5.78 Å². The van der Waals surface area contributed by atoms with Crippen molar-refractivity contribution in [3.8, 4) is 0 Å². The molecule has 0 aliphatic heterocycles. The molecule has 0 saturated heterocycles. The quantitative estimate of drug-likeness (QED) is 0.539. The Kier molecular flexibility index (Phi) is 9.20. The van der Waals surface area contributed by atoms with Gasteiger partial charge in [0, 0.05) is 35.5 Å². The van der Waals surface area contributed by atoms with E-state index in [9.17, 15) is 4.79 Å². The third kappa shape index (κ3) is 5.10. The van der Waals surface area contributed by atoms with Crippen LogP contribution in [0.15, 0.2) is 0 Å². The van der Waals surface area contributed by atoms with Crippen LogP contribution in [0.5, 0.6) is 0 Å². The SMILES string of the molecule is COCC(=O)[C@@H](OC)[C@H](OC)[C@@H](COC)OC. The van der Waals surface area contributed by atoms with Gasteiger partial charge in [-0.25, -0.2) is 0 Å². The molecule has 0 aliphatic rings. The van der Waals surface area contributed by atoms with Gasteiger partial charge in [-0.15, -0.1) is 0 Å². The van der Waals surface area contributed by atoms with Crippen molar-refractivity contribution < 1.29 is 28.5 Å². The van der Waals surface area contributed by atoms with Crippen molar-refractivity contribution in [2.24, 2.45) is 0 Å². The van der Waals surface area contributed by atoms with Crippen LogP contribution in [0.1, 0.15) is 0 Å². The number of hydrogen-bond donors (Lipinski definition) is 0. The summed E-state index contributed by atoms with van der Waals surface area (Å²) in [5, 5.41) is 0. The number of methoxy groups -OCH3 is 5. The molecular weight excluding hydrogens is 228 g/mol. The van der Waals surface area contributed by atoms with Crippen LogP contribution in [-0.2, 0) is 28.5 Å². The first-order chi connectivity index (χ1) is 8.15. The van der Waals surface area contributed by atoms with Crippen LogP contribution in [0.2, 0.25) is 0 Å². The molecule has 0 aliphatic carbocycles. The lowest BCUT2D eigenvalue weighted by atomic mass is 10.0. The lowest BCUT2D eigenvalue weighted by molar-refractivity contribution is -0.155. The fraction of sp³-hybridized carbons (Fsp3) is 0.909. The molecule has 0 aromatic rings. The topological polar surface area (TPSA) is 63.2 Å². The molecule has 0 rings (SSSR count). The normalized spacial score (nSPS) is 16.5. The second kappa shape index (κ2) is 9.49. The fourth-order valence-electron chi connectivity index (χ4n) is 1.60. The standard InChI is InChI=1S/C11H22O6/c1-13-6-8(12)10(16-4)11(17-5)9(15-3)7-14-2/h9-11H,6-7H2,1-5H3/t9-,10-,11-/m1/s1. The lowest BCUT2D eigenvalue weighted by Gasteiger charge is -2.29. The molecular formula is C11H22O6. The molecule has 0 N–H and O–H groups in total. The van der Waals surface area contributed by atoms with E-state index in [4.69, 9.17) is 23.7 Å². The number of carbonyl (C=O) groups excluding carboxylic acids is 1. The van der Waals surface area contributed by atoms with Crippen molar-refractivity contribution in [3.05, 3.63) is 0 Å². The van der Waals surface area contributed by atoms with E-state index in [1.807, 2.05) is 0 Å². The summed E-state index contributed by atoms with van der Waals surface area (Å²) in [5.74, 6) is -0.194. The van der Waals surface area contributed by atoms with E-state index in [2.05, 4.69) is 0 Å². The summed E-state index contributed by atoms with van der Waals surface area (Å²) in [6.45, 7) is 0.289. The number of ketones is 1. The molecule has 3 atom stereocenters. The third-order valence-electron chi connectivity index (χ3n) is 2.43. The smallest absolute Gasteiger partial charge is 0.189 e. The van der Waals surface area contributed by atoms with Crippen LogP contribution >= 0.6 is 0 Å². The molecule has 0 bridgehead atoms. The minimum absolute atomic E-state index is 0.0260. The van der Waals surface area contributed by atoms with E-state index >= 15 is 0 Å². The van der Waals surface area contributed by atoms with Crippen molar-refractivity contribution in [1.29, 1.82) is 0 Å². The highest BCUT2D eigenvalue weighted by Crippen LogP contribution is 2.12. The zero-order valence-corrected chi connectivity index (χ0v) is 11.1. The van der Waals surface area contributed by atoms with Crippen molar-refractivity contribution in [3.63, 3.8) is 0 Å². The zero-order valence-electron chi connectivity index (χ0n) is 11.1. The molecule has 0 aromatic heterocycles. The number of hydrogen-bond acceptors (Lipinski definition) is 6. The molecule has 0 heterocycles. The Bertz CT molecular complexity index is 208. The summed E-state index contributed by atoms with van der Waals surface area (Å²) in [6, 6.07) is 0. The number of ether oxygens (including phenoxy) is 5. The van der Waals surface area contributed by atoms with Gasteiger partial charge in [-0.2, -0.15) is 0 Å². The maximum atomic E-state index is 11.8. The van der Waals surface area contributed by atoms with Gasteiger partial charge in [-0.05, 0) is 0 Å². The van der Waals surface area contributed by atoms with E-state index in [0.717, 1.165) is 0 Å².